The molecule has 0 aliphatic carbocycles. The first-order chi connectivity index (χ1) is 15.2. The summed E-state index contributed by atoms with van der Waals surface area (Å²) in [4.78, 5) is 29.6. The van der Waals surface area contributed by atoms with Crippen molar-refractivity contribution in [1.82, 2.24) is 14.8 Å². The molecule has 1 aliphatic heterocycles. The molecule has 0 saturated carbocycles. The van der Waals surface area contributed by atoms with E-state index in [0.29, 0.717) is 22.5 Å². The molecule has 154 valence electrons. The minimum absolute atomic E-state index is 0.0125. The number of fused-ring (bicyclic) bond motifs is 2. The van der Waals surface area contributed by atoms with Crippen molar-refractivity contribution in [3.8, 4) is 0 Å². The van der Waals surface area contributed by atoms with Gasteiger partial charge < -0.3 is 5.32 Å². The topological polar surface area (TPSA) is 88.9 Å². The van der Waals surface area contributed by atoms with Crippen LogP contribution >= 0.6 is 11.8 Å². The number of nitrogens with zero attached hydrogens (tertiary/aromatic N) is 3. The van der Waals surface area contributed by atoms with Crippen molar-refractivity contribution >= 4 is 46.0 Å². The number of carbonyl (C=O) groups excluding carboxylic acids is 2. The van der Waals surface area contributed by atoms with Gasteiger partial charge in [0.25, 0.3) is 0 Å². The van der Waals surface area contributed by atoms with Gasteiger partial charge in [0.05, 0.1) is 6.42 Å². The van der Waals surface area contributed by atoms with Crippen molar-refractivity contribution in [1.29, 1.82) is 0 Å². The van der Waals surface area contributed by atoms with Gasteiger partial charge in [-0.1, -0.05) is 72.4 Å². The van der Waals surface area contributed by atoms with E-state index in [-0.39, 0.29) is 18.2 Å². The van der Waals surface area contributed by atoms with E-state index >= 15 is 0 Å². The van der Waals surface area contributed by atoms with Gasteiger partial charge in [0.15, 0.2) is 0 Å². The molecule has 0 radical (unpaired) electrons. The SMILES string of the molecule is O=C1C[C@H](C(=O)Nc2ccc3ccccc3c2)n2nc(SCc3ccccc3)nc2N1. The van der Waals surface area contributed by atoms with Gasteiger partial charge in [-0.15, -0.1) is 5.10 Å². The Balaban J connectivity index is 1.35. The standard InChI is InChI=1S/C23H19N5O2S/c29-20-13-19(21(30)24-18-11-10-16-8-4-5-9-17(16)12-18)28-22(25-20)26-23(27-28)31-14-15-6-2-1-3-7-15/h1-12,19H,13-14H2,(H,24,30)(H,25,26,27,29)/t19-/m1/s1. The second-order valence-electron chi connectivity index (χ2n) is 7.26. The lowest BCUT2D eigenvalue weighted by Gasteiger charge is -2.22. The van der Waals surface area contributed by atoms with Gasteiger partial charge in [0, 0.05) is 11.4 Å². The van der Waals surface area contributed by atoms with Gasteiger partial charge in [0.2, 0.25) is 22.9 Å². The van der Waals surface area contributed by atoms with Crippen LogP contribution in [0.25, 0.3) is 10.8 Å². The van der Waals surface area contributed by atoms with Crippen LogP contribution in [0.4, 0.5) is 11.6 Å². The maximum absolute atomic E-state index is 13.0. The summed E-state index contributed by atoms with van der Waals surface area (Å²) in [6.07, 6.45) is 0.0125. The van der Waals surface area contributed by atoms with Crippen LogP contribution in [0.5, 0.6) is 0 Å². The van der Waals surface area contributed by atoms with E-state index < -0.39 is 6.04 Å². The molecule has 2 N–H and O–H groups in total. The monoisotopic (exact) mass is 429 g/mol. The molecular weight excluding hydrogens is 410 g/mol. The third kappa shape index (κ3) is 4.15. The maximum Gasteiger partial charge on any atom is 0.249 e. The maximum atomic E-state index is 13.0. The molecule has 0 bridgehead atoms. The zero-order chi connectivity index (χ0) is 21.2. The normalized spacial score (nSPS) is 15.4. The first kappa shape index (κ1) is 19.3. The zero-order valence-electron chi connectivity index (χ0n) is 16.5. The highest BCUT2D eigenvalue weighted by Gasteiger charge is 2.33. The van der Waals surface area contributed by atoms with Crippen LogP contribution in [0.3, 0.4) is 0 Å². The molecule has 4 aromatic rings. The molecule has 8 heteroatoms. The van der Waals surface area contributed by atoms with Crippen molar-refractivity contribution in [3.05, 3.63) is 78.4 Å². The van der Waals surface area contributed by atoms with Crippen LogP contribution in [-0.2, 0) is 15.3 Å². The molecule has 5 rings (SSSR count). The van der Waals surface area contributed by atoms with Gasteiger partial charge in [-0.25, -0.2) is 4.68 Å². The fourth-order valence-electron chi connectivity index (χ4n) is 3.52. The highest BCUT2D eigenvalue weighted by Crippen LogP contribution is 2.29. The summed E-state index contributed by atoms with van der Waals surface area (Å²) in [5.41, 5.74) is 1.82. The van der Waals surface area contributed by atoms with Gasteiger partial charge in [-0.05, 0) is 28.5 Å². The third-order valence-electron chi connectivity index (χ3n) is 5.07. The average Bonchev–Trinajstić information content (AvgIpc) is 3.20. The van der Waals surface area contributed by atoms with Gasteiger partial charge in [-0.3, -0.25) is 14.9 Å². The Hall–Kier alpha value is -3.65. The van der Waals surface area contributed by atoms with Crippen LogP contribution in [0.2, 0.25) is 0 Å². The van der Waals surface area contributed by atoms with Gasteiger partial charge in [0.1, 0.15) is 6.04 Å². The average molecular weight is 430 g/mol. The van der Waals surface area contributed by atoms with Gasteiger partial charge in [-0.2, -0.15) is 4.98 Å². The Bertz CT molecular complexity index is 1270. The first-order valence-electron chi connectivity index (χ1n) is 9.88. The van der Waals surface area contributed by atoms with Crippen molar-refractivity contribution in [3.63, 3.8) is 0 Å². The molecule has 7 nitrogen and oxygen atoms in total. The molecule has 0 saturated heterocycles. The first-order valence-corrected chi connectivity index (χ1v) is 10.9. The molecule has 2 amide bonds. The molecule has 3 aromatic carbocycles. The summed E-state index contributed by atoms with van der Waals surface area (Å²) in [6, 6.07) is 22.9. The van der Waals surface area contributed by atoms with Crippen molar-refractivity contribution in [2.75, 3.05) is 10.6 Å². The lowest BCUT2D eigenvalue weighted by Crippen LogP contribution is -2.36. The highest BCUT2D eigenvalue weighted by atomic mass is 32.2. The Morgan fingerprint density at radius 3 is 2.68 bits per heavy atom. The zero-order valence-corrected chi connectivity index (χ0v) is 17.3. The molecule has 0 spiro atoms. The number of hydrogen-bond acceptors (Lipinski definition) is 5. The molecule has 2 heterocycles. The number of carbonyl (C=O) groups is 2. The number of anilines is 2. The van der Waals surface area contributed by atoms with Crippen molar-refractivity contribution in [2.45, 2.75) is 23.4 Å². The highest BCUT2D eigenvalue weighted by molar-refractivity contribution is 7.98. The number of hydrogen-bond donors (Lipinski definition) is 2. The predicted molar refractivity (Wildman–Crippen MR) is 121 cm³/mol. The van der Waals surface area contributed by atoms with E-state index in [0.717, 1.165) is 16.3 Å². The Morgan fingerprint density at radius 2 is 1.84 bits per heavy atom. The van der Waals surface area contributed by atoms with Gasteiger partial charge >= 0.3 is 0 Å². The Labute approximate surface area is 182 Å². The summed E-state index contributed by atoms with van der Waals surface area (Å²) in [5, 5.41) is 12.8. The van der Waals surface area contributed by atoms with Crippen LogP contribution in [0.1, 0.15) is 18.0 Å². The van der Waals surface area contributed by atoms with E-state index in [1.165, 1.54) is 16.4 Å². The lowest BCUT2D eigenvalue weighted by atomic mass is 10.1. The molecule has 1 aromatic heterocycles. The molecule has 1 aliphatic rings. The summed E-state index contributed by atoms with van der Waals surface area (Å²) in [7, 11) is 0. The molecular formula is C23H19N5O2S. The van der Waals surface area contributed by atoms with E-state index in [9.17, 15) is 9.59 Å². The van der Waals surface area contributed by atoms with E-state index in [1.807, 2.05) is 72.8 Å². The largest absolute Gasteiger partial charge is 0.324 e. The quantitative estimate of drug-likeness (QED) is 0.463. The predicted octanol–water partition coefficient (Wildman–Crippen LogP) is 4.25. The Kier molecular flexibility index (Phi) is 5.13. The fourth-order valence-corrected chi connectivity index (χ4v) is 4.31. The second-order valence-corrected chi connectivity index (χ2v) is 8.20. The Morgan fingerprint density at radius 1 is 1.06 bits per heavy atom. The van der Waals surface area contributed by atoms with E-state index in [2.05, 4.69) is 20.7 Å². The van der Waals surface area contributed by atoms with Crippen LogP contribution in [-0.4, -0.2) is 26.6 Å². The number of thioether (sulfide) groups is 1. The smallest absolute Gasteiger partial charge is 0.249 e. The summed E-state index contributed by atoms with van der Waals surface area (Å²) in [6.45, 7) is 0. The summed E-state index contributed by atoms with van der Waals surface area (Å²) in [5.74, 6) is 0.450. The number of nitrogens with one attached hydrogen (secondary N) is 2. The third-order valence-corrected chi connectivity index (χ3v) is 5.98. The molecule has 31 heavy (non-hydrogen) atoms. The molecule has 1 atom stereocenters. The molecule has 0 fully saturated rings. The van der Waals surface area contributed by atoms with E-state index in [4.69, 9.17) is 0 Å². The molecule has 0 unspecified atom stereocenters. The summed E-state index contributed by atoms with van der Waals surface area (Å²) >= 11 is 1.46. The lowest BCUT2D eigenvalue weighted by molar-refractivity contribution is -0.125. The fraction of sp³-hybridized carbons (Fsp3) is 0.130. The number of rotatable bonds is 5. The second kappa shape index (κ2) is 8.23. The number of aromatic nitrogens is 3. The van der Waals surface area contributed by atoms with Crippen molar-refractivity contribution in [2.24, 2.45) is 0 Å². The minimum atomic E-state index is -0.756. The summed E-state index contributed by atoms with van der Waals surface area (Å²) < 4.78 is 1.51. The van der Waals surface area contributed by atoms with Crippen LogP contribution in [0, 0.1) is 0 Å². The van der Waals surface area contributed by atoms with Crippen molar-refractivity contribution < 1.29 is 9.59 Å². The van der Waals surface area contributed by atoms with Crippen LogP contribution < -0.4 is 10.6 Å². The van der Waals surface area contributed by atoms with Crippen LogP contribution in [0.15, 0.2) is 78.0 Å². The van der Waals surface area contributed by atoms with E-state index in [1.54, 1.807) is 0 Å². The minimum Gasteiger partial charge on any atom is -0.324 e. The number of benzene rings is 3. The number of amides is 2.